The second kappa shape index (κ2) is 21.1. The molecule has 71 heavy (non-hydrogen) atoms. The number of phenolic OH excluding ortho intramolecular Hbond substituents is 4. The van der Waals surface area contributed by atoms with Gasteiger partial charge in [0.2, 0.25) is 0 Å². The van der Waals surface area contributed by atoms with E-state index in [0.29, 0.717) is 52.7 Å². The Balaban J connectivity index is 0.000000209. The number of sulfonamides is 2. The molecule has 0 heterocycles. The summed E-state index contributed by atoms with van der Waals surface area (Å²) in [5.74, 6) is -1.16. The first kappa shape index (κ1) is 50.6. The molecule has 0 bridgehead atoms. The third kappa shape index (κ3) is 13.1. The summed E-state index contributed by atoms with van der Waals surface area (Å²) in [4.78, 5) is 24.8. The molecule has 19 heteroatoms. The van der Waals surface area contributed by atoms with E-state index in [2.05, 4.69) is 20.1 Å². The fourth-order valence-electron chi connectivity index (χ4n) is 7.21. The molecule has 8 rings (SSSR count). The van der Waals surface area contributed by atoms with Crippen LogP contribution in [0.5, 0.6) is 23.0 Å². The highest BCUT2D eigenvalue weighted by molar-refractivity contribution is 7.93. The molecule has 14 nitrogen and oxygen atoms in total. The lowest BCUT2D eigenvalue weighted by molar-refractivity contribution is -0.137. The number of aromatic hydroxyl groups is 4. The third-order valence-corrected chi connectivity index (χ3v) is 13.8. The monoisotopic (exact) mass is 1010 g/mol. The van der Waals surface area contributed by atoms with Gasteiger partial charge in [0.05, 0.1) is 26.5 Å². The van der Waals surface area contributed by atoms with Crippen molar-refractivity contribution in [3.8, 4) is 23.0 Å². The van der Waals surface area contributed by atoms with Gasteiger partial charge in [-0.25, -0.2) is 16.8 Å². The Kier molecular flexibility index (Phi) is 15.1. The lowest BCUT2D eigenvalue weighted by Crippen LogP contribution is -2.25. The van der Waals surface area contributed by atoms with Crippen LogP contribution in [0.2, 0.25) is 0 Å². The maximum atomic E-state index is 12.9. The van der Waals surface area contributed by atoms with Gasteiger partial charge in [-0.1, -0.05) is 60.2 Å². The van der Waals surface area contributed by atoms with Crippen molar-refractivity contribution in [3.63, 3.8) is 0 Å². The largest absolute Gasteiger partial charge is 0.508 e. The first-order valence-corrected chi connectivity index (χ1v) is 24.6. The van der Waals surface area contributed by atoms with Crippen LogP contribution in [0.1, 0.15) is 43.0 Å². The molecule has 2 amide bonds. The van der Waals surface area contributed by atoms with Crippen molar-refractivity contribution in [1.82, 2.24) is 10.6 Å². The topological polar surface area (TPSA) is 231 Å². The standard InChI is InChI=1S/C26H21F3N2O5S.C26H24N2O5S/c27-26(28,29)19-2-1-3-22(15-19)37(35,36)31-20-7-4-16(5-8-20)10-11-30-25(34)23-13-18-12-21(32)9-6-17(18)14-24(23)33;1-17-2-10-23(11-3-17)34(32,33)28-21-7-4-18(5-8-21)12-13-27-26(31)24-15-20-14-22(29)9-6-19(20)16-25(24)30/h1-9,12-15,31-33H,10-11H2,(H,30,34);2-11,14-16,28-30H,12-13H2,1H3,(H,27,31). The van der Waals surface area contributed by atoms with Gasteiger partial charge in [-0.3, -0.25) is 19.0 Å². The van der Waals surface area contributed by atoms with Gasteiger partial charge in [0.1, 0.15) is 23.0 Å². The van der Waals surface area contributed by atoms with Gasteiger partial charge in [0, 0.05) is 24.5 Å². The van der Waals surface area contributed by atoms with Crippen molar-refractivity contribution < 1.29 is 60.0 Å². The quantitative estimate of drug-likeness (QED) is 0.0514. The minimum atomic E-state index is -4.67. The molecule has 0 atom stereocenters. The predicted octanol–water partition coefficient (Wildman–Crippen LogP) is 9.38. The molecule has 0 aliphatic carbocycles. The summed E-state index contributed by atoms with van der Waals surface area (Å²) in [5, 5.41) is 47.8. The zero-order valence-corrected chi connectivity index (χ0v) is 39.2. The normalized spacial score (nSPS) is 11.6. The van der Waals surface area contributed by atoms with E-state index in [-0.39, 0.29) is 51.3 Å². The molecule has 8 aromatic carbocycles. The van der Waals surface area contributed by atoms with Crippen molar-refractivity contribution in [2.24, 2.45) is 0 Å². The number of phenols is 4. The molecule has 0 aromatic heterocycles. The Morgan fingerprint density at radius 3 is 1.37 bits per heavy atom. The Bertz CT molecular complexity index is 3480. The van der Waals surface area contributed by atoms with Crippen LogP contribution in [-0.2, 0) is 39.1 Å². The van der Waals surface area contributed by atoms with E-state index in [1.54, 1.807) is 72.8 Å². The number of alkyl halides is 3. The first-order valence-electron chi connectivity index (χ1n) is 21.6. The van der Waals surface area contributed by atoms with Gasteiger partial charge < -0.3 is 31.1 Å². The summed E-state index contributed by atoms with van der Waals surface area (Å²) < 4.78 is 93.6. The van der Waals surface area contributed by atoms with Crippen LogP contribution >= 0.6 is 0 Å². The highest BCUT2D eigenvalue weighted by Crippen LogP contribution is 2.32. The van der Waals surface area contributed by atoms with Gasteiger partial charge in [-0.15, -0.1) is 0 Å². The number of hydrogen-bond donors (Lipinski definition) is 8. The molecule has 8 aromatic rings. The number of rotatable bonds is 14. The van der Waals surface area contributed by atoms with Crippen molar-refractivity contribution in [1.29, 1.82) is 0 Å². The van der Waals surface area contributed by atoms with Gasteiger partial charge >= 0.3 is 6.18 Å². The maximum absolute atomic E-state index is 12.9. The molecule has 0 spiro atoms. The summed E-state index contributed by atoms with van der Waals surface area (Å²) in [6.07, 6.45) is -3.76. The van der Waals surface area contributed by atoms with E-state index in [0.717, 1.165) is 34.9 Å². The minimum Gasteiger partial charge on any atom is -0.508 e. The highest BCUT2D eigenvalue weighted by Gasteiger charge is 2.31. The van der Waals surface area contributed by atoms with Crippen LogP contribution in [-0.4, -0.2) is 62.2 Å². The lowest BCUT2D eigenvalue weighted by Gasteiger charge is -2.12. The van der Waals surface area contributed by atoms with Crippen LogP contribution in [0, 0.1) is 6.92 Å². The molecular weight excluding hydrogens is 962 g/mol. The van der Waals surface area contributed by atoms with Gasteiger partial charge in [0.15, 0.2) is 0 Å². The molecule has 0 saturated carbocycles. The highest BCUT2D eigenvalue weighted by atomic mass is 32.2. The van der Waals surface area contributed by atoms with Gasteiger partial charge in [0.25, 0.3) is 31.9 Å². The molecule has 366 valence electrons. The number of carbonyl (C=O) groups excluding carboxylic acids is 2. The van der Waals surface area contributed by atoms with E-state index in [4.69, 9.17) is 0 Å². The van der Waals surface area contributed by atoms with E-state index < -0.39 is 48.5 Å². The van der Waals surface area contributed by atoms with Crippen molar-refractivity contribution in [2.45, 2.75) is 35.7 Å². The number of nitrogens with one attached hydrogen (secondary N) is 4. The molecule has 0 saturated heterocycles. The summed E-state index contributed by atoms with van der Waals surface area (Å²) in [5.41, 5.74) is 2.36. The Labute approximate surface area is 406 Å². The number of amides is 2. The summed E-state index contributed by atoms with van der Waals surface area (Å²) >= 11 is 0. The molecule has 8 N–H and O–H groups in total. The number of aryl methyl sites for hydroxylation is 1. The molecule has 0 fully saturated rings. The van der Waals surface area contributed by atoms with Gasteiger partial charge in [-0.2, -0.15) is 13.2 Å². The zero-order valence-electron chi connectivity index (χ0n) is 37.5. The number of carbonyl (C=O) groups is 2. The fraction of sp³-hybridized carbons (Fsp3) is 0.115. The second-order valence-electron chi connectivity index (χ2n) is 16.3. The maximum Gasteiger partial charge on any atom is 0.416 e. The second-order valence-corrected chi connectivity index (χ2v) is 19.6. The summed E-state index contributed by atoms with van der Waals surface area (Å²) in [7, 11) is -7.91. The van der Waals surface area contributed by atoms with Crippen LogP contribution in [0.15, 0.2) is 168 Å². The average Bonchev–Trinajstić information content (AvgIpc) is 3.32. The third-order valence-electron chi connectivity index (χ3n) is 11.0. The van der Waals surface area contributed by atoms with E-state index >= 15 is 0 Å². The van der Waals surface area contributed by atoms with Gasteiger partial charge in [-0.05, 0) is 156 Å². The SMILES string of the molecule is Cc1ccc(S(=O)(=O)Nc2ccc(CCNC(=O)c3cc4cc(O)ccc4cc3O)cc2)cc1.O=C(NCCc1ccc(NS(=O)(=O)c2cccc(C(F)(F)F)c2)cc1)c1cc2cc(O)ccc2cc1O. The Morgan fingerprint density at radius 1 is 0.493 bits per heavy atom. The van der Waals surface area contributed by atoms with Crippen LogP contribution < -0.4 is 20.1 Å². The lowest BCUT2D eigenvalue weighted by atomic mass is 10.0. The van der Waals surface area contributed by atoms with Crippen LogP contribution in [0.4, 0.5) is 24.5 Å². The zero-order chi connectivity index (χ0) is 51.1. The van der Waals surface area contributed by atoms with E-state index in [9.17, 15) is 60.0 Å². The van der Waals surface area contributed by atoms with Crippen LogP contribution in [0.3, 0.4) is 0 Å². The summed E-state index contributed by atoms with van der Waals surface area (Å²) in [6, 6.07) is 38.4. The molecule has 0 unspecified atom stereocenters. The van der Waals surface area contributed by atoms with Crippen molar-refractivity contribution >= 4 is 64.8 Å². The minimum absolute atomic E-state index is 0.0325. The predicted molar refractivity (Wildman–Crippen MR) is 264 cm³/mol. The number of halogens is 3. The summed E-state index contributed by atoms with van der Waals surface area (Å²) in [6.45, 7) is 2.43. The Hall–Kier alpha value is -8.29. The van der Waals surface area contributed by atoms with E-state index in [1.807, 2.05) is 6.92 Å². The van der Waals surface area contributed by atoms with Crippen molar-refractivity contribution in [3.05, 3.63) is 191 Å². The van der Waals surface area contributed by atoms with E-state index in [1.165, 1.54) is 60.7 Å². The smallest absolute Gasteiger partial charge is 0.416 e. The molecule has 0 radical (unpaired) electrons. The number of fused-ring (bicyclic) bond motifs is 2. The first-order chi connectivity index (χ1) is 33.6. The number of benzene rings is 8. The average molecular weight is 1010 g/mol. The van der Waals surface area contributed by atoms with Crippen LogP contribution in [0.25, 0.3) is 21.5 Å². The molecule has 0 aliphatic heterocycles. The Morgan fingerprint density at radius 2 is 0.930 bits per heavy atom. The number of hydrogen-bond acceptors (Lipinski definition) is 10. The number of anilines is 2. The molecular formula is C52H45F3N4O10S2. The van der Waals surface area contributed by atoms with Crippen molar-refractivity contribution in [2.75, 3.05) is 22.5 Å². The molecule has 0 aliphatic rings. The fourth-order valence-corrected chi connectivity index (χ4v) is 9.37.